The smallest absolute Gasteiger partial charge is 0.293 e. The molecule has 6 heterocycles. The number of allylic oxidation sites excluding steroid dienone is 1. The van der Waals surface area contributed by atoms with Crippen LogP contribution >= 0.6 is 11.6 Å². The number of nitrogens with zero attached hydrogens (tertiary/aromatic N) is 6. The number of hydrogen-bond acceptors (Lipinski definition) is 15. The summed E-state index contributed by atoms with van der Waals surface area (Å²) in [6.07, 6.45) is 8.62. The third kappa shape index (κ3) is 13.7. The van der Waals surface area contributed by atoms with E-state index in [2.05, 4.69) is 77.8 Å². The zero-order valence-corrected chi connectivity index (χ0v) is 49.0. The first kappa shape index (κ1) is 58.6. The third-order valence-corrected chi connectivity index (χ3v) is 18.3. The van der Waals surface area contributed by atoms with Gasteiger partial charge in [0.05, 0.1) is 33.7 Å². The molecule has 2 unspecified atom stereocenters. The Balaban J connectivity index is 0.698. The first-order valence-electron chi connectivity index (χ1n) is 28.8. The van der Waals surface area contributed by atoms with Gasteiger partial charge in [0, 0.05) is 105 Å². The van der Waals surface area contributed by atoms with Crippen molar-refractivity contribution in [3.63, 3.8) is 0 Å². The number of nitrogens with one attached hydrogen (secondary N) is 4. The van der Waals surface area contributed by atoms with Gasteiger partial charge in [-0.25, -0.2) is 18.1 Å². The van der Waals surface area contributed by atoms with E-state index in [-0.39, 0.29) is 66.1 Å². The Kier molecular flexibility index (Phi) is 17.4. The number of halogens is 1. The van der Waals surface area contributed by atoms with Crippen molar-refractivity contribution in [3.05, 3.63) is 152 Å². The standard InChI is InChI=1S/C63H67ClN10O10S/c1-63(2)22-20-45(52(35-63)42-10-12-47(64)13-11-42)39-71-25-27-72(28-26-71)48-14-16-51(56(33-48)84-49-32-44-21-23-65-59(44)67-37-49)60(76)69-85(81,82)50-15-17-53(55(34-50)74(79)80)66-36-41-6-4-24-70(38-41)29-31-83-30-5-9-43-7-3-8-46-40-73(62(78)58(43)46)54-18-19-57(75)68-61(54)77/h3,7-8,10-17,21,23,32-34,37,41,54,66H,4,6,18-20,22,24-31,35-36,38-40H2,1-2H3,(H,65,67)(H,69,76)(H,68,75,77). The highest BCUT2D eigenvalue weighted by molar-refractivity contribution is 7.90. The number of aromatic amines is 1. The molecule has 85 heavy (non-hydrogen) atoms. The van der Waals surface area contributed by atoms with Crippen molar-refractivity contribution in [2.24, 2.45) is 11.3 Å². The van der Waals surface area contributed by atoms with Crippen LogP contribution in [0.25, 0.3) is 16.6 Å². The molecule has 4 aliphatic heterocycles. The average molecular weight is 1190 g/mol. The van der Waals surface area contributed by atoms with Crippen LogP contribution in [-0.4, -0.2) is 140 Å². The molecule has 0 saturated carbocycles. The van der Waals surface area contributed by atoms with E-state index < -0.39 is 43.4 Å². The molecule has 3 fully saturated rings. The van der Waals surface area contributed by atoms with Gasteiger partial charge >= 0.3 is 0 Å². The summed E-state index contributed by atoms with van der Waals surface area (Å²) in [7, 11) is -4.65. The Bertz CT molecular complexity index is 3790. The SMILES string of the molecule is CC1(C)CCC(CN2CCN(c3ccc(C(=O)NS(=O)(=O)c4ccc(NCC5CCCN(CCOCC#Cc6cccc7c6C(=O)N(C6CCC(=O)NC6=O)C7)C5)c([N+](=O)[O-])c4)c(Oc4cnc5[nH]ccc5c4)c3)CC2)=C(c2ccc(Cl)cc2)C1. The van der Waals surface area contributed by atoms with Crippen LogP contribution in [0.5, 0.6) is 11.5 Å². The Morgan fingerprint density at radius 2 is 1.78 bits per heavy atom. The van der Waals surface area contributed by atoms with Crippen LogP contribution < -0.4 is 25.0 Å². The van der Waals surface area contributed by atoms with E-state index in [0.717, 1.165) is 81.0 Å². The zero-order valence-electron chi connectivity index (χ0n) is 47.5. The van der Waals surface area contributed by atoms with Crippen molar-refractivity contribution >= 4 is 78.9 Å². The number of benzene rings is 4. The van der Waals surface area contributed by atoms with Gasteiger partial charge in [0.15, 0.2) is 0 Å². The molecule has 6 aromatic rings. The number of ether oxygens (including phenoxy) is 2. The number of nitro groups is 1. The summed E-state index contributed by atoms with van der Waals surface area (Å²) in [6, 6.07) is 25.0. The molecule has 442 valence electrons. The number of fused-ring (bicyclic) bond motifs is 2. The quantitative estimate of drug-likeness (QED) is 0.0207. The van der Waals surface area contributed by atoms with Crippen LogP contribution in [0, 0.1) is 33.3 Å². The number of pyridine rings is 1. The number of imide groups is 1. The molecule has 11 rings (SSSR count). The maximum Gasteiger partial charge on any atom is 0.293 e. The summed E-state index contributed by atoms with van der Waals surface area (Å²) in [5, 5.41) is 19.5. The molecule has 20 nitrogen and oxygen atoms in total. The van der Waals surface area contributed by atoms with Gasteiger partial charge in [0.2, 0.25) is 11.8 Å². The molecule has 2 atom stereocenters. The number of amides is 4. The molecule has 4 N–H and O–H groups in total. The number of carbonyl (C=O) groups excluding carboxylic acids is 4. The minimum Gasteiger partial charge on any atom is -0.455 e. The van der Waals surface area contributed by atoms with E-state index in [4.69, 9.17) is 21.1 Å². The highest BCUT2D eigenvalue weighted by Crippen LogP contribution is 2.44. The number of hydrogen-bond donors (Lipinski definition) is 4. The van der Waals surface area contributed by atoms with Crippen molar-refractivity contribution in [2.75, 3.05) is 82.3 Å². The zero-order chi connectivity index (χ0) is 59.4. The number of likely N-dealkylation sites (tertiary alicyclic amines) is 1. The van der Waals surface area contributed by atoms with Crippen LogP contribution in [0.2, 0.25) is 5.02 Å². The van der Waals surface area contributed by atoms with E-state index in [1.165, 1.54) is 46.0 Å². The minimum atomic E-state index is -4.65. The fraction of sp³-hybridized carbons (Fsp3) is 0.381. The lowest BCUT2D eigenvalue weighted by atomic mass is 9.72. The van der Waals surface area contributed by atoms with Gasteiger partial charge < -0.3 is 34.5 Å². The monoisotopic (exact) mass is 1190 g/mol. The van der Waals surface area contributed by atoms with Gasteiger partial charge in [-0.15, -0.1) is 0 Å². The van der Waals surface area contributed by atoms with Gasteiger partial charge in [-0.05, 0) is 128 Å². The predicted octanol–water partition coefficient (Wildman–Crippen LogP) is 8.77. The molecule has 2 aromatic heterocycles. The summed E-state index contributed by atoms with van der Waals surface area (Å²) in [6.45, 7) is 11.8. The lowest BCUT2D eigenvalue weighted by Crippen LogP contribution is -2.52. The Morgan fingerprint density at radius 1 is 0.953 bits per heavy atom. The second-order valence-corrected chi connectivity index (χ2v) is 25.3. The molecule has 0 bridgehead atoms. The van der Waals surface area contributed by atoms with Crippen LogP contribution in [0.3, 0.4) is 0 Å². The maximum absolute atomic E-state index is 14.2. The number of carbonyl (C=O) groups is 4. The van der Waals surface area contributed by atoms with E-state index in [1.54, 1.807) is 30.5 Å². The van der Waals surface area contributed by atoms with Crippen molar-refractivity contribution in [3.8, 4) is 23.3 Å². The molecule has 0 radical (unpaired) electrons. The van der Waals surface area contributed by atoms with Gasteiger partial charge in [-0.2, -0.15) is 0 Å². The Labute approximate surface area is 498 Å². The van der Waals surface area contributed by atoms with Crippen molar-refractivity contribution < 1.29 is 42.0 Å². The molecule has 5 aliphatic rings. The average Bonchev–Trinajstić information content (AvgIpc) is 2.51. The topological polar surface area (TPSA) is 242 Å². The maximum atomic E-state index is 14.2. The third-order valence-electron chi connectivity index (χ3n) is 16.7. The Hall–Kier alpha value is -8.13. The van der Waals surface area contributed by atoms with Crippen molar-refractivity contribution in [2.45, 2.75) is 76.3 Å². The molecule has 22 heteroatoms. The van der Waals surface area contributed by atoms with Gasteiger partial charge in [0.1, 0.15) is 35.5 Å². The highest BCUT2D eigenvalue weighted by Gasteiger charge is 2.40. The number of sulfonamides is 1. The first-order valence-corrected chi connectivity index (χ1v) is 30.6. The first-order chi connectivity index (χ1) is 40.9. The normalized spacial score (nSPS) is 19.3. The summed E-state index contributed by atoms with van der Waals surface area (Å²) in [4.78, 5) is 79.1. The fourth-order valence-electron chi connectivity index (χ4n) is 12.1. The molecule has 4 aromatic carbocycles. The molecule has 4 amide bonds. The molecule has 3 saturated heterocycles. The lowest BCUT2D eigenvalue weighted by Gasteiger charge is -2.39. The fourth-order valence-corrected chi connectivity index (χ4v) is 13.2. The molecule has 1 aliphatic carbocycles. The summed E-state index contributed by atoms with van der Waals surface area (Å²) < 4.78 is 42.4. The van der Waals surface area contributed by atoms with Gasteiger partial charge in [-0.3, -0.25) is 39.5 Å². The Morgan fingerprint density at radius 3 is 2.58 bits per heavy atom. The number of H-pyrrole nitrogens is 1. The van der Waals surface area contributed by atoms with Crippen LogP contribution in [0.15, 0.2) is 114 Å². The molecule has 0 spiro atoms. The summed E-state index contributed by atoms with van der Waals surface area (Å²) >= 11 is 6.27. The summed E-state index contributed by atoms with van der Waals surface area (Å²) in [5.74, 6) is 4.54. The van der Waals surface area contributed by atoms with Crippen molar-refractivity contribution in [1.29, 1.82) is 0 Å². The van der Waals surface area contributed by atoms with E-state index >= 15 is 0 Å². The van der Waals surface area contributed by atoms with E-state index in [9.17, 15) is 37.7 Å². The largest absolute Gasteiger partial charge is 0.455 e. The van der Waals surface area contributed by atoms with E-state index in [0.29, 0.717) is 66.9 Å². The van der Waals surface area contributed by atoms with Gasteiger partial charge in [-0.1, -0.05) is 67.1 Å². The minimum absolute atomic E-state index is 0.0658. The number of piperazine rings is 1. The molecular formula is C63H67ClN10O10S. The van der Waals surface area contributed by atoms with Gasteiger partial charge in [0.25, 0.3) is 27.5 Å². The number of piperidine rings is 2. The van der Waals surface area contributed by atoms with Crippen molar-refractivity contribution in [1.82, 2.24) is 34.7 Å². The van der Waals surface area contributed by atoms with E-state index in [1.807, 2.05) is 30.3 Å². The van der Waals surface area contributed by atoms with Crippen LogP contribution in [0.1, 0.15) is 96.2 Å². The number of anilines is 2. The van der Waals surface area contributed by atoms with Crippen LogP contribution in [0.4, 0.5) is 17.1 Å². The lowest BCUT2D eigenvalue weighted by molar-refractivity contribution is -0.384. The highest BCUT2D eigenvalue weighted by atomic mass is 35.5. The predicted molar refractivity (Wildman–Crippen MR) is 323 cm³/mol. The second kappa shape index (κ2) is 25.2. The van der Waals surface area contributed by atoms with Crippen LogP contribution in [-0.2, 0) is 30.9 Å². The second-order valence-electron chi connectivity index (χ2n) is 23.2. The number of rotatable bonds is 18. The number of nitro benzene ring substituents is 1. The summed E-state index contributed by atoms with van der Waals surface area (Å²) in [5.41, 5.74) is 7.09. The number of aromatic nitrogens is 2. The molecular weight excluding hydrogens is 1120 g/mol.